The van der Waals surface area contributed by atoms with Gasteiger partial charge in [-0.2, -0.15) is 0 Å². The maximum Gasteiger partial charge on any atom is 0.227 e. The Labute approximate surface area is 150 Å². The predicted molar refractivity (Wildman–Crippen MR) is 96.4 cm³/mol. The minimum Gasteiger partial charge on any atom is -0.322 e. The molecule has 1 aliphatic heterocycles. The summed E-state index contributed by atoms with van der Waals surface area (Å²) in [5, 5.41) is 2.66. The topological polar surface area (TPSA) is 49.4 Å². The zero-order valence-corrected chi connectivity index (χ0v) is 14.4. The zero-order valence-electron chi connectivity index (χ0n) is 13.6. The molecule has 0 unspecified atom stereocenters. The van der Waals surface area contributed by atoms with Gasteiger partial charge in [0.1, 0.15) is 5.82 Å². The smallest absolute Gasteiger partial charge is 0.227 e. The average Bonchev–Trinajstić information content (AvgIpc) is 2.60. The molecule has 0 spiro atoms. The molecular weight excluding hydrogens is 343 g/mol. The number of anilines is 2. The molecule has 1 aliphatic rings. The first-order valence-corrected chi connectivity index (χ1v) is 8.56. The molecule has 2 aromatic carbocycles. The van der Waals surface area contributed by atoms with Gasteiger partial charge in [-0.15, -0.1) is 0 Å². The Morgan fingerprint density at radius 3 is 2.76 bits per heavy atom. The Kier molecular flexibility index (Phi) is 5.34. The third kappa shape index (κ3) is 3.99. The average molecular weight is 361 g/mol. The summed E-state index contributed by atoms with van der Waals surface area (Å²) in [5.41, 5.74) is 2.05. The third-order valence-electron chi connectivity index (χ3n) is 4.20. The zero-order chi connectivity index (χ0) is 17.8. The van der Waals surface area contributed by atoms with E-state index in [-0.39, 0.29) is 28.9 Å². The lowest BCUT2D eigenvalue weighted by Gasteiger charge is -2.29. The number of rotatable bonds is 5. The van der Waals surface area contributed by atoms with Crippen molar-refractivity contribution in [1.29, 1.82) is 0 Å². The number of amides is 2. The van der Waals surface area contributed by atoms with E-state index >= 15 is 0 Å². The van der Waals surface area contributed by atoms with Crippen molar-refractivity contribution in [2.24, 2.45) is 0 Å². The lowest BCUT2D eigenvalue weighted by Crippen LogP contribution is -2.36. The quantitative estimate of drug-likeness (QED) is 0.869. The van der Waals surface area contributed by atoms with Gasteiger partial charge >= 0.3 is 0 Å². The number of benzene rings is 2. The molecule has 0 atom stereocenters. The van der Waals surface area contributed by atoms with Gasteiger partial charge in [0.15, 0.2) is 0 Å². The molecule has 0 saturated carbocycles. The molecule has 2 aromatic rings. The molecule has 3 rings (SSSR count). The van der Waals surface area contributed by atoms with E-state index in [1.807, 2.05) is 24.3 Å². The fourth-order valence-electron chi connectivity index (χ4n) is 2.96. The number of aryl methyl sites for hydroxylation is 1. The van der Waals surface area contributed by atoms with Crippen LogP contribution in [-0.4, -0.2) is 18.4 Å². The van der Waals surface area contributed by atoms with E-state index in [1.165, 1.54) is 18.2 Å². The predicted octanol–water partition coefficient (Wildman–Crippen LogP) is 4.18. The summed E-state index contributed by atoms with van der Waals surface area (Å²) in [5.74, 6) is -0.831. The van der Waals surface area contributed by atoms with Crippen LogP contribution in [0.25, 0.3) is 0 Å². The van der Waals surface area contributed by atoms with Crippen molar-refractivity contribution in [2.45, 2.75) is 25.7 Å². The van der Waals surface area contributed by atoms with Gasteiger partial charge in [0.25, 0.3) is 0 Å². The number of halogens is 2. The first-order chi connectivity index (χ1) is 12.1. The molecule has 1 N–H and O–H groups in total. The van der Waals surface area contributed by atoms with E-state index in [4.69, 9.17) is 11.6 Å². The van der Waals surface area contributed by atoms with E-state index < -0.39 is 5.82 Å². The number of carbonyl (C=O) groups excluding carboxylic acids is 2. The minimum absolute atomic E-state index is 0.00596. The molecule has 0 aliphatic carbocycles. The van der Waals surface area contributed by atoms with Crippen LogP contribution < -0.4 is 10.2 Å². The molecule has 0 bridgehead atoms. The van der Waals surface area contributed by atoms with Crippen molar-refractivity contribution in [3.05, 3.63) is 58.9 Å². The van der Waals surface area contributed by atoms with Crippen molar-refractivity contribution in [1.82, 2.24) is 0 Å². The van der Waals surface area contributed by atoms with Crippen LogP contribution in [0.3, 0.4) is 0 Å². The van der Waals surface area contributed by atoms with Gasteiger partial charge in [0.05, 0.1) is 10.7 Å². The van der Waals surface area contributed by atoms with Crippen molar-refractivity contribution in [3.8, 4) is 0 Å². The summed E-state index contributed by atoms with van der Waals surface area (Å²) in [6, 6.07) is 12.0. The fraction of sp³-hybridized carbons (Fsp3) is 0.263. The van der Waals surface area contributed by atoms with Crippen molar-refractivity contribution in [2.75, 3.05) is 16.8 Å². The summed E-state index contributed by atoms with van der Waals surface area (Å²) in [4.78, 5) is 25.9. The van der Waals surface area contributed by atoms with Crippen LogP contribution >= 0.6 is 11.6 Å². The third-order valence-corrected chi connectivity index (χ3v) is 4.52. The lowest BCUT2D eigenvalue weighted by atomic mass is 10.0. The number of hydrogen-bond acceptors (Lipinski definition) is 2. The van der Waals surface area contributed by atoms with E-state index in [9.17, 15) is 14.0 Å². The highest BCUT2D eigenvalue weighted by molar-refractivity contribution is 6.33. The van der Waals surface area contributed by atoms with E-state index in [0.29, 0.717) is 19.4 Å². The molecule has 0 fully saturated rings. The largest absolute Gasteiger partial charge is 0.322 e. The fourth-order valence-corrected chi connectivity index (χ4v) is 3.17. The molecule has 1 heterocycles. The van der Waals surface area contributed by atoms with Gasteiger partial charge in [-0.05, 0) is 36.6 Å². The second-order valence-corrected chi connectivity index (χ2v) is 6.33. The highest BCUT2D eigenvalue weighted by Gasteiger charge is 2.23. The lowest BCUT2D eigenvalue weighted by molar-refractivity contribution is -0.119. The normalized spacial score (nSPS) is 13.5. The molecule has 130 valence electrons. The number of fused-ring (bicyclic) bond motifs is 1. The monoisotopic (exact) mass is 360 g/mol. The van der Waals surface area contributed by atoms with Crippen LogP contribution in [0, 0.1) is 5.82 Å². The molecule has 2 amide bonds. The Morgan fingerprint density at radius 1 is 1.16 bits per heavy atom. The van der Waals surface area contributed by atoms with E-state index in [2.05, 4.69) is 5.32 Å². The van der Waals surface area contributed by atoms with Crippen LogP contribution in [0.15, 0.2) is 42.5 Å². The summed E-state index contributed by atoms with van der Waals surface area (Å²) >= 11 is 5.90. The highest BCUT2D eigenvalue weighted by atomic mass is 35.5. The number of nitrogens with one attached hydrogen (secondary N) is 1. The van der Waals surface area contributed by atoms with E-state index in [1.54, 1.807) is 4.90 Å². The summed E-state index contributed by atoms with van der Waals surface area (Å²) in [6.45, 7) is 0.453. The maximum atomic E-state index is 13.7. The standard InChI is InChI=1S/C19H18ClFN2O2/c20-14-6-3-7-15(21)19(14)22-17(24)9-4-12-23-16-8-2-1-5-13(16)10-11-18(23)25/h1-3,5-8H,4,9-12H2,(H,22,24). The van der Waals surface area contributed by atoms with Crippen LogP contribution in [0.2, 0.25) is 5.02 Å². The number of hydrogen-bond donors (Lipinski definition) is 1. The number of nitrogens with zero attached hydrogens (tertiary/aromatic N) is 1. The molecule has 25 heavy (non-hydrogen) atoms. The van der Waals surface area contributed by atoms with Crippen molar-refractivity contribution in [3.63, 3.8) is 0 Å². The molecule has 0 aromatic heterocycles. The first-order valence-electron chi connectivity index (χ1n) is 8.18. The minimum atomic E-state index is -0.569. The molecule has 0 radical (unpaired) electrons. The summed E-state index contributed by atoms with van der Waals surface area (Å²) in [7, 11) is 0. The SMILES string of the molecule is O=C(CCCN1C(=O)CCc2ccccc21)Nc1c(F)cccc1Cl. The van der Waals surface area contributed by atoms with Crippen molar-refractivity contribution < 1.29 is 14.0 Å². The Bertz CT molecular complexity index is 790. The number of carbonyl (C=O) groups is 2. The van der Waals surface area contributed by atoms with Gasteiger partial charge in [0, 0.05) is 25.1 Å². The van der Waals surface area contributed by atoms with Crippen LogP contribution in [0.1, 0.15) is 24.8 Å². The Morgan fingerprint density at radius 2 is 1.96 bits per heavy atom. The van der Waals surface area contributed by atoms with Gasteiger partial charge in [-0.1, -0.05) is 35.9 Å². The molecule has 4 nitrogen and oxygen atoms in total. The van der Waals surface area contributed by atoms with Crippen molar-refractivity contribution >= 4 is 34.8 Å². The summed E-state index contributed by atoms with van der Waals surface area (Å²) in [6.07, 6.45) is 1.89. The van der Waals surface area contributed by atoms with Crippen LogP contribution in [-0.2, 0) is 16.0 Å². The number of para-hydroxylation sites is 2. The second kappa shape index (κ2) is 7.66. The Balaban J connectivity index is 1.58. The van der Waals surface area contributed by atoms with Crippen LogP contribution in [0.4, 0.5) is 15.8 Å². The van der Waals surface area contributed by atoms with Gasteiger partial charge in [0.2, 0.25) is 11.8 Å². The molecule has 6 heteroatoms. The maximum absolute atomic E-state index is 13.7. The van der Waals surface area contributed by atoms with Gasteiger partial charge in [-0.25, -0.2) is 4.39 Å². The first kappa shape index (κ1) is 17.4. The summed E-state index contributed by atoms with van der Waals surface area (Å²) < 4.78 is 13.7. The molecular formula is C19H18ClFN2O2. The molecule has 0 saturated heterocycles. The van der Waals surface area contributed by atoms with Crippen LogP contribution in [0.5, 0.6) is 0 Å². The van der Waals surface area contributed by atoms with Gasteiger partial charge in [-0.3, -0.25) is 9.59 Å². The Hall–Kier alpha value is -2.40. The van der Waals surface area contributed by atoms with E-state index in [0.717, 1.165) is 17.7 Å². The second-order valence-electron chi connectivity index (χ2n) is 5.92. The van der Waals surface area contributed by atoms with Gasteiger partial charge < -0.3 is 10.2 Å². The highest BCUT2D eigenvalue weighted by Crippen LogP contribution is 2.28.